The van der Waals surface area contributed by atoms with E-state index in [4.69, 9.17) is 9.84 Å². The molecule has 0 heterocycles. The van der Waals surface area contributed by atoms with Crippen molar-refractivity contribution in [2.24, 2.45) is 5.92 Å². The zero-order valence-electron chi connectivity index (χ0n) is 28.4. The second-order valence-electron chi connectivity index (χ2n) is 12.8. The Bertz CT molecular complexity index is 512. The van der Waals surface area contributed by atoms with Gasteiger partial charge in [-0.3, -0.25) is 4.79 Å². The van der Waals surface area contributed by atoms with Gasteiger partial charge in [-0.15, -0.1) is 0 Å². The molecule has 0 aromatic heterocycles. The Morgan fingerprint density at radius 3 is 1.34 bits per heavy atom. The average molecular weight is 582 g/mol. The smallest absolute Gasteiger partial charge is 0.308 e. The van der Waals surface area contributed by atoms with Gasteiger partial charge in [-0.1, -0.05) is 149 Å². The third kappa shape index (κ3) is 29.2. The van der Waals surface area contributed by atoms with Crippen LogP contribution in [0.25, 0.3) is 0 Å². The van der Waals surface area contributed by atoms with Gasteiger partial charge in [0.05, 0.1) is 12.5 Å². The predicted octanol–water partition coefficient (Wildman–Crippen LogP) is 11.0. The van der Waals surface area contributed by atoms with E-state index in [0.29, 0.717) is 13.2 Å². The van der Waals surface area contributed by atoms with Crippen LogP contribution in [-0.2, 0) is 9.53 Å². The molecular weight excluding hydrogens is 506 g/mol. The van der Waals surface area contributed by atoms with Crippen molar-refractivity contribution >= 4 is 5.97 Å². The zero-order chi connectivity index (χ0) is 30.1. The first kappa shape index (κ1) is 40.4. The molecule has 0 aliphatic heterocycles. The standard InChI is InChI=1S/C37H75NO3/c1-4-7-10-13-18-23-30-36(29-22-12-9-6-3)37(40)41-35-28-21-17-15-16-20-25-32-38(33-26-27-34-39)31-24-19-14-11-8-5-2/h36,39H,4-35H2,1-3H3. The maximum absolute atomic E-state index is 12.8. The fourth-order valence-corrected chi connectivity index (χ4v) is 5.88. The number of aliphatic hydroxyl groups excluding tert-OH is 1. The molecular formula is C37H75NO3. The van der Waals surface area contributed by atoms with Gasteiger partial charge in [0.2, 0.25) is 0 Å². The van der Waals surface area contributed by atoms with Gasteiger partial charge in [0.15, 0.2) is 0 Å². The maximum Gasteiger partial charge on any atom is 0.308 e. The molecule has 0 aliphatic carbocycles. The zero-order valence-corrected chi connectivity index (χ0v) is 28.4. The quantitative estimate of drug-likeness (QED) is 0.0606. The van der Waals surface area contributed by atoms with Gasteiger partial charge in [-0.05, 0) is 64.6 Å². The highest BCUT2D eigenvalue weighted by Crippen LogP contribution is 2.21. The van der Waals surface area contributed by atoms with Crippen molar-refractivity contribution in [3.05, 3.63) is 0 Å². The van der Waals surface area contributed by atoms with Gasteiger partial charge in [0.1, 0.15) is 0 Å². The first-order valence-corrected chi connectivity index (χ1v) is 18.7. The van der Waals surface area contributed by atoms with Crippen molar-refractivity contribution in [2.45, 2.75) is 194 Å². The van der Waals surface area contributed by atoms with E-state index in [-0.39, 0.29) is 11.9 Å². The van der Waals surface area contributed by atoms with E-state index < -0.39 is 0 Å². The third-order valence-corrected chi connectivity index (χ3v) is 8.72. The summed E-state index contributed by atoms with van der Waals surface area (Å²) in [5, 5.41) is 9.14. The van der Waals surface area contributed by atoms with Crippen molar-refractivity contribution < 1.29 is 14.6 Å². The number of rotatable bonds is 34. The van der Waals surface area contributed by atoms with Crippen molar-refractivity contribution in [1.82, 2.24) is 4.90 Å². The number of unbranched alkanes of at least 4 members (excludes halogenated alkanes) is 20. The topological polar surface area (TPSA) is 49.8 Å². The van der Waals surface area contributed by atoms with E-state index in [1.807, 2.05) is 0 Å². The average Bonchev–Trinajstić information content (AvgIpc) is 2.98. The molecule has 0 aromatic rings. The van der Waals surface area contributed by atoms with Crippen LogP contribution in [0, 0.1) is 5.92 Å². The van der Waals surface area contributed by atoms with Crippen LogP contribution >= 0.6 is 0 Å². The van der Waals surface area contributed by atoms with Crippen LogP contribution in [0.3, 0.4) is 0 Å². The third-order valence-electron chi connectivity index (χ3n) is 8.72. The summed E-state index contributed by atoms with van der Waals surface area (Å²) in [7, 11) is 0. The highest BCUT2D eigenvalue weighted by Gasteiger charge is 2.19. The summed E-state index contributed by atoms with van der Waals surface area (Å²) in [4.78, 5) is 15.5. The largest absolute Gasteiger partial charge is 0.465 e. The molecule has 1 atom stereocenters. The van der Waals surface area contributed by atoms with Gasteiger partial charge in [-0.25, -0.2) is 0 Å². The van der Waals surface area contributed by atoms with Crippen LogP contribution in [0.1, 0.15) is 194 Å². The fourth-order valence-electron chi connectivity index (χ4n) is 5.88. The van der Waals surface area contributed by atoms with Gasteiger partial charge in [-0.2, -0.15) is 0 Å². The molecule has 0 bridgehead atoms. The van der Waals surface area contributed by atoms with E-state index in [1.165, 1.54) is 154 Å². The van der Waals surface area contributed by atoms with Crippen LogP contribution in [-0.4, -0.2) is 48.8 Å². The number of aliphatic hydroxyl groups is 1. The summed E-state index contributed by atoms with van der Waals surface area (Å²) in [6.07, 6.45) is 33.6. The Balaban J connectivity index is 3.97. The first-order valence-electron chi connectivity index (χ1n) is 18.7. The summed E-state index contributed by atoms with van der Waals surface area (Å²) in [5.41, 5.74) is 0. The Labute approximate surface area is 258 Å². The number of nitrogens with zero attached hydrogens (tertiary/aromatic N) is 1. The molecule has 4 nitrogen and oxygen atoms in total. The molecule has 0 aromatic carbocycles. The normalized spacial score (nSPS) is 12.3. The van der Waals surface area contributed by atoms with Crippen LogP contribution in [0.4, 0.5) is 0 Å². The monoisotopic (exact) mass is 582 g/mol. The van der Waals surface area contributed by atoms with E-state index in [2.05, 4.69) is 25.7 Å². The summed E-state index contributed by atoms with van der Waals surface area (Å²) < 4.78 is 5.77. The van der Waals surface area contributed by atoms with Crippen molar-refractivity contribution in [2.75, 3.05) is 32.8 Å². The number of hydrogen-bond acceptors (Lipinski definition) is 4. The number of carbonyl (C=O) groups excluding carboxylic acids is 1. The Morgan fingerprint density at radius 1 is 0.512 bits per heavy atom. The van der Waals surface area contributed by atoms with E-state index in [0.717, 1.165) is 38.6 Å². The summed E-state index contributed by atoms with van der Waals surface area (Å²) in [5.74, 6) is 0.210. The minimum atomic E-state index is 0.0829. The minimum Gasteiger partial charge on any atom is -0.465 e. The van der Waals surface area contributed by atoms with Gasteiger partial charge < -0.3 is 14.7 Å². The summed E-state index contributed by atoms with van der Waals surface area (Å²) >= 11 is 0. The molecule has 1 unspecified atom stereocenters. The molecule has 246 valence electrons. The Hall–Kier alpha value is -0.610. The van der Waals surface area contributed by atoms with Crippen LogP contribution < -0.4 is 0 Å². The van der Waals surface area contributed by atoms with E-state index in [1.54, 1.807) is 0 Å². The SMILES string of the molecule is CCCCCCCCC(CCCCCC)C(=O)OCCCCCCCCCN(CCCCO)CCCCCCCC. The Kier molecular flexibility index (Phi) is 33.4. The minimum absolute atomic E-state index is 0.0829. The van der Waals surface area contributed by atoms with E-state index >= 15 is 0 Å². The lowest BCUT2D eigenvalue weighted by Crippen LogP contribution is -2.27. The molecule has 0 spiro atoms. The lowest BCUT2D eigenvalue weighted by molar-refractivity contribution is -0.149. The second kappa shape index (κ2) is 33.9. The molecule has 0 saturated carbocycles. The molecule has 0 saturated heterocycles. The van der Waals surface area contributed by atoms with Gasteiger partial charge in [0, 0.05) is 6.61 Å². The first-order chi connectivity index (χ1) is 20.2. The van der Waals surface area contributed by atoms with Crippen LogP contribution in [0.2, 0.25) is 0 Å². The summed E-state index contributed by atoms with van der Waals surface area (Å²) in [6, 6.07) is 0. The number of carbonyl (C=O) groups is 1. The van der Waals surface area contributed by atoms with Crippen molar-refractivity contribution in [3.8, 4) is 0 Å². The molecule has 1 N–H and O–H groups in total. The molecule has 0 fully saturated rings. The Morgan fingerprint density at radius 2 is 0.878 bits per heavy atom. The lowest BCUT2D eigenvalue weighted by atomic mass is 9.94. The molecule has 0 aliphatic rings. The molecule has 4 heteroatoms. The number of ether oxygens (including phenoxy) is 1. The van der Waals surface area contributed by atoms with Gasteiger partial charge in [0.25, 0.3) is 0 Å². The lowest BCUT2D eigenvalue weighted by Gasteiger charge is -2.22. The predicted molar refractivity (Wildman–Crippen MR) is 180 cm³/mol. The summed E-state index contributed by atoms with van der Waals surface area (Å²) in [6.45, 7) is 11.3. The maximum atomic E-state index is 12.8. The number of hydrogen-bond donors (Lipinski definition) is 1. The van der Waals surface area contributed by atoms with Crippen molar-refractivity contribution in [1.29, 1.82) is 0 Å². The highest BCUT2D eigenvalue weighted by atomic mass is 16.5. The van der Waals surface area contributed by atoms with Crippen LogP contribution in [0.5, 0.6) is 0 Å². The van der Waals surface area contributed by atoms with Gasteiger partial charge >= 0.3 is 5.97 Å². The van der Waals surface area contributed by atoms with E-state index in [9.17, 15) is 4.79 Å². The highest BCUT2D eigenvalue weighted by molar-refractivity contribution is 5.72. The molecule has 0 radical (unpaired) electrons. The van der Waals surface area contributed by atoms with Crippen molar-refractivity contribution in [3.63, 3.8) is 0 Å². The molecule has 0 rings (SSSR count). The van der Waals surface area contributed by atoms with Crippen LogP contribution in [0.15, 0.2) is 0 Å². The number of esters is 1. The molecule has 0 amide bonds. The second-order valence-corrected chi connectivity index (χ2v) is 12.8. The fraction of sp³-hybridized carbons (Fsp3) is 0.973. The molecule has 41 heavy (non-hydrogen) atoms.